The largest absolute Gasteiger partial charge is 0.508 e. The Bertz CT molecular complexity index is 782. The van der Waals surface area contributed by atoms with Crippen LogP contribution in [0, 0.1) is 5.92 Å². The molecule has 0 aliphatic rings. The smallest absolute Gasteiger partial charge is 0.111 e. The van der Waals surface area contributed by atoms with Gasteiger partial charge in [0.05, 0.1) is 5.69 Å². The normalized spacial score (nSPS) is 12.2. The lowest BCUT2D eigenvalue weighted by molar-refractivity contribution is 0.413. The van der Waals surface area contributed by atoms with Gasteiger partial charge in [-0.15, -0.1) is 0 Å². The fourth-order valence-electron chi connectivity index (χ4n) is 2.65. The minimum atomic E-state index is 0.0866. The SMILES string of the molecule is C=C(O)/C(=C\C(=C)c1nccc2cc(C(C)C)ccc12)C(C)C. The first-order valence-electron chi connectivity index (χ1n) is 7.99. The number of nitrogens with zero attached hydrogens (tertiary/aromatic N) is 1. The van der Waals surface area contributed by atoms with E-state index in [1.54, 1.807) is 0 Å². The van der Waals surface area contributed by atoms with Crippen molar-refractivity contribution in [2.24, 2.45) is 5.92 Å². The Balaban J connectivity index is 2.53. The number of aliphatic hydroxyl groups excluding tert-OH is 1. The fraction of sp³-hybridized carbons (Fsp3) is 0.286. The van der Waals surface area contributed by atoms with Crippen LogP contribution in [0.3, 0.4) is 0 Å². The molecule has 0 saturated carbocycles. The van der Waals surface area contributed by atoms with Crippen LogP contribution in [-0.4, -0.2) is 10.1 Å². The van der Waals surface area contributed by atoms with Crippen molar-refractivity contribution in [3.8, 4) is 0 Å². The highest BCUT2D eigenvalue weighted by molar-refractivity contribution is 5.94. The van der Waals surface area contributed by atoms with E-state index in [9.17, 15) is 5.11 Å². The number of rotatable bonds is 5. The van der Waals surface area contributed by atoms with E-state index in [1.807, 2.05) is 32.2 Å². The molecule has 1 aromatic heterocycles. The maximum absolute atomic E-state index is 9.76. The van der Waals surface area contributed by atoms with Gasteiger partial charge in [0.25, 0.3) is 0 Å². The average Bonchev–Trinajstić information content (AvgIpc) is 2.50. The van der Waals surface area contributed by atoms with E-state index in [2.05, 4.69) is 50.2 Å². The first-order chi connectivity index (χ1) is 10.8. The van der Waals surface area contributed by atoms with E-state index in [0.29, 0.717) is 5.92 Å². The highest BCUT2D eigenvalue weighted by Crippen LogP contribution is 2.28. The molecule has 0 atom stereocenters. The first-order valence-corrected chi connectivity index (χ1v) is 7.99. The Morgan fingerprint density at radius 2 is 1.83 bits per heavy atom. The zero-order chi connectivity index (χ0) is 17.1. The van der Waals surface area contributed by atoms with E-state index in [-0.39, 0.29) is 11.7 Å². The number of pyridine rings is 1. The number of benzene rings is 1. The van der Waals surface area contributed by atoms with Gasteiger partial charge < -0.3 is 5.11 Å². The van der Waals surface area contributed by atoms with Gasteiger partial charge in [0.1, 0.15) is 5.76 Å². The number of aromatic nitrogens is 1. The third-order valence-corrected chi connectivity index (χ3v) is 4.04. The van der Waals surface area contributed by atoms with Gasteiger partial charge in [-0.25, -0.2) is 0 Å². The second kappa shape index (κ2) is 6.82. The Labute approximate surface area is 138 Å². The molecule has 2 aromatic rings. The molecular weight excluding hydrogens is 282 g/mol. The van der Waals surface area contributed by atoms with Gasteiger partial charge in [-0.2, -0.15) is 0 Å². The van der Waals surface area contributed by atoms with Crippen LogP contribution in [0.5, 0.6) is 0 Å². The van der Waals surface area contributed by atoms with Crippen LogP contribution < -0.4 is 0 Å². The van der Waals surface area contributed by atoms with Crippen molar-refractivity contribution in [2.75, 3.05) is 0 Å². The molecule has 120 valence electrons. The molecule has 0 unspecified atom stereocenters. The molecule has 0 aliphatic heterocycles. The van der Waals surface area contributed by atoms with Gasteiger partial charge in [-0.05, 0) is 46.1 Å². The number of aliphatic hydroxyl groups is 1. The van der Waals surface area contributed by atoms with E-state index in [4.69, 9.17) is 0 Å². The van der Waals surface area contributed by atoms with Crippen molar-refractivity contribution in [1.82, 2.24) is 4.98 Å². The van der Waals surface area contributed by atoms with Crippen molar-refractivity contribution in [3.63, 3.8) is 0 Å². The monoisotopic (exact) mass is 307 g/mol. The maximum Gasteiger partial charge on any atom is 0.111 e. The van der Waals surface area contributed by atoms with Crippen molar-refractivity contribution in [2.45, 2.75) is 33.6 Å². The van der Waals surface area contributed by atoms with Crippen LogP contribution in [0.4, 0.5) is 0 Å². The Morgan fingerprint density at radius 3 is 2.39 bits per heavy atom. The number of hydrogen-bond donors (Lipinski definition) is 1. The molecule has 1 aromatic carbocycles. The zero-order valence-electron chi connectivity index (χ0n) is 14.4. The molecule has 2 rings (SSSR count). The van der Waals surface area contributed by atoms with Gasteiger partial charge in [-0.3, -0.25) is 4.98 Å². The van der Waals surface area contributed by atoms with Crippen LogP contribution in [-0.2, 0) is 0 Å². The third-order valence-electron chi connectivity index (χ3n) is 4.04. The number of fused-ring (bicyclic) bond motifs is 1. The van der Waals surface area contributed by atoms with Crippen molar-refractivity contribution < 1.29 is 5.11 Å². The molecule has 1 N–H and O–H groups in total. The van der Waals surface area contributed by atoms with Gasteiger partial charge in [-0.1, -0.05) is 59.1 Å². The van der Waals surface area contributed by atoms with E-state index in [1.165, 1.54) is 5.56 Å². The number of allylic oxidation sites excluding steroid dienone is 3. The molecular formula is C21H25NO. The molecule has 0 radical (unpaired) electrons. The van der Waals surface area contributed by atoms with Crippen LogP contribution in [0.2, 0.25) is 0 Å². The summed E-state index contributed by atoms with van der Waals surface area (Å²) in [7, 11) is 0. The summed E-state index contributed by atoms with van der Waals surface area (Å²) >= 11 is 0. The molecule has 0 fully saturated rings. The van der Waals surface area contributed by atoms with Crippen LogP contribution in [0.15, 0.2) is 61.0 Å². The van der Waals surface area contributed by atoms with Gasteiger partial charge in [0.15, 0.2) is 0 Å². The summed E-state index contributed by atoms with van der Waals surface area (Å²) in [5.41, 5.74) is 3.72. The predicted octanol–water partition coefficient (Wildman–Crippen LogP) is 6.03. The summed E-state index contributed by atoms with van der Waals surface area (Å²) in [6, 6.07) is 8.48. The predicted molar refractivity (Wildman–Crippen MR) is 99.6 cm³/mol. The lowest BCUT2D eigenvalue weighted by atomic mass is 9.95. The van der Waals surface area contributed by atoms with Crippen molar-refractivity contribution in [3.05, 3.63) is 72.3 Å². The Hall–Kier alpha value is -2.35. The maximum atomic E-state index is 9.76. The zero-order valence-corrected chi connectivity index (χ0v) is 14.4. The molecule has 2 nitrogen and oxygen atoms in total. The average molecular weight is 307 g/mol. The lowest BCUT2D eigenvalue weighted by Gasteiger charge is -2.13. The van der Waals surface area contributed by atoms with Gasteiger partial charge in [0.2, 0.25) is 0 Å². The van der Waals surface area contributed by atoms with E-state index < -0.39 is 0 Å². The minimum Gasteiger partial charge on any atom is -0.508 e. The summed E-state index contributed by atoms with van der Waals surface area (Å²) in [5.74, 6) is 0.750. The molecule has 2 heteroatoms. The van der Waals surface area contributed by atoms with Crippen LogP contribution >= 0.6 is 0 Å². The second-order valence-corrected chi connectivity index (χ2v) is 6.52. The van der Waals surface area contributed by atoms with Crippen molar-refractivity contribution >= 4 is 16.3 Å². The highest BCUT2D eigenvalue weighted by atomic mass is 16.3. The topological polar surface area (TPSA) is 33.1 Å². The third kappa shape index (κ3) is 3.70. The minimum absolute atomic E-state index is 0.0866. The summed E-state index contributed by atoms with van der Waals surface area (Å²) < 4.78 is 0. The van der Waals surface area contributed by atoms with E-state index >= 15 is 0 Å². The summed E-state index contributed by atoms with van der Waals surface area (Å²) in [5, 5.41) is 12.0. The fourth-order valence-corrected chi connectivity index (χ4v) is 2.65. The molecule has 0 bridgehead atoms. The van der Waals surface area contributed by atoms with E-state index in [0.717, 1.165) is 27.6 Å². The standard InChI is InChI=1S/C21H25NO/c1-13(2)17-7-8-19-18(12-17)9-10-22-21(19)15(5)11-20(14(3)4)16(6)23/h7-14,23H,5-6H2,1-4H3/b20-11-. The summed E-state index contributed by atoms with van der Waals surface area (Å²) in [4.78, 5) is 4.50. The first kappa shape index (κ1) is 17.0. The molecule has 0 saturated heterocycles. The van der Waals surface area contributed by atoms with Gasteiger partial charge in [0, 0.05) is 11.6 Å². The van der Waals surface area contributed by atoms with Crippen LogP contribution in [0.1, 0.15) is 44.9 Å². The molecule has 0 aliphatic carbocycles. The molecule has 23 heavy (non-hydrogen) atoms. The Kier molecular flexibility index (Phi) is 5.05. The summed E-state index contributed by atoms with van der Waals surface area (Å²) in [6.45, 7) is 16.2. The lowest BCUT2D eigenvalue weighted by Crippen LogP contribution is -1.98. The highest BCUT2D eigenvalue weighted by Gasteiger charge is 2.11. The molecule has 0 spiro atoms. The van der Waals surface area contributed by atoms with Gasteiger partial charge >= 0.3 is 0 Å². The molecule has 1 heterocycles. The quantitative estimate of drug-likeness (QED) is 0.540. The van der Waals surface area contributed by atoms with Crippen LogP contribution in [0.25, 0.3) is 16.3 Å². The summed E-state index contributed by atoms with van der Waals surface area (Å²) in [6.07, 6.45) is 3.69. The number of hydrogen-bond acceptors (Lipinski definition) is 2. The Morgan fingerprint density at radius 1 is 1.13 bits per heavy atom. The van der Waals surface area contributed by atoms with Crippen molar-refractivity contribution in [1.29, 1.82) is 0 Å². The molecule has 0 amide bonds. The second-order valence-electron chi connectivity index (χ2n) is 6.52.